The summed E-state index contributed by atoms with van der Waals surface area (Å²) in [7, 11) is 3.29. The lowest BCUT2D eigenvalue weighted by atomic mass is 10.3. The molecule has 0 saturated carbocycles. The molecule has 0 aliphatic heterocycles. The van der Waals surface area contributed by atoms with Gasteiger partial charge in [0.25, 0.3) is 0 Å². The maximum Gasteiger partial charge on any atom is 0.222 e. The third-order valence-corrected chi connectivity index (χ3v) is 2.92. The van der Waals surface area contributed by atoms with Crippen molar-refractivity contribution in [3.8, 4) is 0 Å². The largest absolute Gasteiger partial charge is 0.383 e. The first-order valence-electron chi connectivity index (χ1n) is 5.50. The van der Waals surface area contributed by atoms with Gasteiger partial charge in [0.2, 0.25) is 5.91 Å². The average molecular weight is 249 g/mol. The van der Waals surface area contributed by atoms with E-state index in [2.05, 4.69) is 6.26 Å². The predicted molar refractivity (Wildman–Crippen MR) is 67.9 cm³/mol. The maximum absolute atomic E-state index is 11.8. The van der Waals surface area contributed by atoms with Gasteiger partial charge < -0.3 is 14.4 Å². The summed E-state index contributed by atoms with van der Waals surface area (Å²) < 4.78 is 9.98. The van der Waals surface area contributed by atoms with Crippen LogP contribution in [0, 0.1) is 0 Å². The minimum atomic E-state index is 0.197. The van der Waals surface area contributed by atoms with Crippen molar-refractivity contribution in [3.63, 3.8) is 0 Å². The van der Waals surface area contributed by atoms with Crippen molar-refractivity contribution < 1.29 is 14.3 Å². The van der Waals surface area contributed by atoms with E-state index < -0.39 is 0 Å². The molecule has 1 amide bonds. The highest BCUT2D eigenvalue weighted by Crippen LogP contribution is 2.03. The lowest BCUT2D eigenvalue weighted by Gasteiger charge is -2.22. The van der Waals surface area contributed by atoms with E-state index in [4.69, 9.17) is 9.47 Å². The van der Waals surface area contributed by atoms with Gasteiger partial charge in [0, 0.05) is 33.7 Å². The standard InChI is InChI=1S/C11H23NO3S/c1-14-8-6-12(7-9-15-2)11(13)5-4-10-16-3/h4-10H2,1-3H3. The predicted octanol–water partition coefficient (Wildman–Crippen LogP) is 1.25. The number of hydrogen-bond donors (Lipinski definition) is 0. The van der Waals surface area contributed by atoms with Gasteiger partial charge in [-0.1, -0.05) is 0 Å². The molecule has 96 valence electrons. The molecule has 0 saturated heterocycles. The molecule has 16 heavy (non-hydrogen) atoms. The van der Waals surface area contributed by atoms with E-state index in [-0.39, 0.29) is 5.91 Å². The zero-order valence-electron chi connectivity index (χ0n) is 10.5. The van der Waals surface area contributed by atoms with Crippen molar-refractivity contribution in [2.45, 2.75) is 12.8 Å². The van der Waals surface area contributed by atoms with Crippen molar-refractivity contribution in [1.82, 2.24) is 4.90 Å². The molecule has 0 bridgehead atoms. The van der Waals surface area contributed by atoms with Gasteiger partial charge in [-0.3, -0.25) is 4.79 Å². The molecule has 0 aromatic rings. The summed E-state index contributed by atoms with van der Waals surface area (Å²) in [6, 6.07) is 0. The summed E-state index contributed by atoms with van der Waals surface area (Å²) >= 11 is 1.77. The van der Waals surface area contributed by atoms with Gasteiger partial charge in [-0.15, -0.1) is 0 Å². The summed E-state index contributed by atoms with van der Waals surface area (Å²) in [4.78, 5) is 13.6. The van der Waals surface area contributed by atoms with Crippen LogP contribution in [-0.4, -0.2) is 63.3 Å². The normalized spacial score (nSPS) is 10.4. The SMILES string of the molecule is COCCN(CCOC)C(=O)CCCSC. The lowest BCUT2D eigenvalue weighted by molar-refractivity contribution is -0.132. The van der Waals surface area contributed by atoms with Crippen molar-refractivity contribution in [2.75, 3.05) is 52.5 Å². The van der Waals surface area contributed by atoms with E-state index in [1.807, 2.05) is 4.90 Å². The van der Waals surface area contributed by atoms with Crippen LogP contribution >= 0.6 is 11.8 Å². The maximum atomic E-state index is 11.8. The zero-order valence-corrected chi connectivity index (χ0v) is 11.3. The fourth-order valence-electron chi connectivity index (χ4n) is 1.29. The Kier molecular flexibility index (Phi) is 11.0. The van der Waals surface area contributed by atoms with Gasteiger partial charge in [-0.25, -0.2) is 0 Å². The van der Waals surface area contributed by atoms with E-state index in [0.29, 0.717) is 32.7 Å². The van der Waals surface area contributed by atoms with E-state index >= 15 is 0 Å². The zero-order chi connectivity index (χ0) is 12.2. The summed E-state index contributed by atoms with van der Waals surface area (Å²) in [6.45, 7) is 2.46. The van der Waals surface area contributed by atoms with E-state index in [0.717, 1.165) is 12.2 Å². The highest BCUT2D eigenvalue weighted by Gasteiger charge is 2.12. The number of hydrogen-bond acceptors (Lipinski definition) is 4. The Morgan fingerprint density at radius 3 is 2.19 bits per heavy atom. The molecule has 0 heterocycles. The van der Waals surface area contributed by atoms with E-state index in [9.17, 15) is 4.79 Å². The van der Waals surface area contributed by atoms with Crippen LogP contribution in [0.5, 0.6) is 0 Å². The number of rotatable bonds is 10. The van der Waals surface area contributed by atoms with Gasteiger partial charge in [-0.05, 0) is 18.4 Å². The number of methoxy groups -OCH3 is 2. The van der Waals surface area contributed by atoms with Gasteiger partial charge >= 0.3 is 0 Å². The molecule has 0 rings (SSSR count). The molecule has 0 aromatic carbocycles. The van der Waals surface area contributed by atoms with Crippen LogP contribution in [0.25, 0.3) is 0 Å². The summed E-state index contributed by atoms with van der Waals surface area (Å²) in [5.41, 5.74) is 0. The molecule has 0 spiro atoms. The van der Waals surface area contributed by atoms with E-state index in [1.54, 1.807) is 26.0 Å². The smallest absolute Gasteiger partial charge is 0.222 e. The number of carbonyl (C=O) groups is 1. The molecule has 0 unspecified atom stereocenters. The monoisotopic (exact) mass is 249 g/mol. The van der Waals surface area contributed by atoms with Crippen molar-refractivity contribution in [2.24, 2.45) is 0 Å². The molecule has 0 N–H and O–H groups in total. The molecule has 0 radical (unpaired) electrons. The molecular formula is C11H23NO3S. The van der Waals surface area contributed by atoms with Crippen molar-refractivity contribution in [1.29, 1.82) is 0 Å². The minimum Gasteiger partial charge on any atom is -0.383 e. The quantitative estimate of drug-likeness (QED) is 0.546. The highest BCUT2D eigenvalue weighted by atomic mass is 32.2. The summed E-state index contributed by atoms with van der Waals surface area (Å²) in [5, 5.41) is 0. The molecule has 0 aromatic heterocycles. The van der Waals surface area contributed by atoms with Crippen LogP contribution in [0.15, 0.2) is 0 Å². The number of ether oxygens (including phenoxy) is 2. The number of nitrogens with zero attached hydrogens (tertiary/aromatic N) is 1. The average Bonchev–Trinajstić information content (AvgIpc) is 2.29. The Labute approximate surface area is 103 Å². The molecule has 0 atom stereocenters. The summed E-state index contributed by atoms with van der Waals surface area (Å²) in [6.07, 6.45) is 3.61. The van der Waals surface area contributed by atoms with Crippen molar-refractivity contribution >= 4 is 17.7 Å². The van der Waals surface area contributed by atoms with Gasteiger partial charge in [0.1, 0.15) is 0 Å². The highest BCUT2D eigenvalue weighted by molar-refractivity contribution is 7.98. The number of carbonyl (C=O) groups excluding carboxylic acids is 1. The second-order valence-electron chi connectivity index (χ2n) is 3.46. The fraction of sp³-hybridized carbons (Fsp3) is 0.909. The molecule has 4 nitrogen and oxygen atoms in total. The second-order valence-corrected chi connectivity index (χ2v) is 4.45. The van der Waals surface area contributed by atoms with Gasteiger partial charge in [0.05, 0.1) is 13.2 Å². The number of amides is 1. The Bertz CT molecular complexity index is 171. The van der Waals surface area contributed by atoms with Crippen LogP contribution in [0.4, 0.5) is 0 Å². The first-order valence-corrected chi connectivity index (χ1v) is 6.90. The second kappa shape index (κ2) is 11.2. The van der Waals surface area contributed by atoms with Crippen LogP contribution in [0.2, 0.25) is 0 Å². The topological polar surface area (TPSA) is 38.8 Å². The first kappa shape index (κ1) is 15.7. The van der Waals surface area contributed by atoms with Crippen molar-refractivity contribution in [3.05, 3.63) is 0 Å². The summed E-state index contributed by atoms with van der Waals surface area (Å²) in [5.74, 6) is 1.23. The first-order chi connectivity index (χ1) is 7.76. The molecular weight excluding hydrogens is 226 g/mol. The Hall–Kier alpha value is -0.260. The van der Waals surface area contributed by atoms with Gasteiger partial charge in [-0.2, -0.15) is 11.8 Å². The van der Waals surface area contributed by atoms with Crippen LogP contribution in [0.3, 0.4) is 0 Å². The fourth-order valence-corrected chi connectivity index (χ4v) is 1.72. The van der Waals surface area contributed by atoms with Crippen LogP contribution < -0.4 is 0 Å². The Balaban J connectivity index is 3.88. The van der Waals surface area contributed by atoms with Gasteiger partial charge in [0.15, 0.2) is 0 Å². The van der Waals surface area contributed by atoms with Crippen LogP contribution in [0.1, 0.15) is 12.8 Å². The molecule has 0 aliphatic rings. The Morgan fingerprint density at radius 1 is 1.19 bits per heavy atom. The third-order valence-electron chi connectivity index (χ3n) is 2.22. The van der Waals surface area contributed by atoms with E-state index in [1.165, 1.54) is 0 Å². The minimum absolute atomic E-state index is 0.197. The third kappa shape index (κ3) is 7.96. The number of thioether (sulfide) groups is 1. The molecule has 0 aliphatic carbocycles. The molecule has 5 heteroatoms. The molecule has 0 fully saturated rings. The lowest BCUT2D eigenvalue weighted by Crippen LogP contribution is -2.36. The Morgan fingerprint density at radius 2 is 1.75 bits per heavy atom. The van der Waals surface area contributed by atoms with Crippen LogP contribution in [-0.2, 0) is 14.3 Å².